The number of rotatable bonds is 5. The van der Waals surface area contributed by atoms with Crippen LogP contribution >= 0.6 is 0 Å². The summed E-state index contributed by atoms with van der Waals surface area (Å²) in [5.74, 6) is 0.200. The van der Waals surface area contributed by atoms with Crippen molar-refractivity contribution in [2.45, 2.75) is 39.8 Å². The molecule has 2 N–H and O–H groups in total. The molecule has 0 saturated carbocycles. The van der Waals surface area contributed by atoms with Crippen LogP contribution in [0.25, 0.3) is 0 Å². The van der Waals surface area contributed by atoms with Crippen molar-refractivity contribution in [3.05, 3.63) is 83.0 Å². The minimum Gasteiger partial charge on any atom is -0.347 e. The predicted molar refractivity (Wildman–Crippen MR) is 114 cm³/mol. The van der Waals surface area contributed by atoms with E-state index >= 15 is 0 Å². The maximum absolute atomic E-state index is 12.6. The van der Waals surface area contributed by atoms with Gasteiger partial charge in [-0.15, -0.1) is 0 Å². The average Bonchev–Trinajstić information content (AvgIpc) is 3.07. The minimum atomic E-state index is -0.317. The number of carbonyl (C=O) groups excluding carboxylic acids is 2. The van der Waals surface area contributed by atoms with Crippen molar-refractivity contribution in [3.63, 3.8) is 0 Å². The van der Waals surface area contributed by atoms with E-state index in [2.05, 4.69) is 21.8 Å². The number of nitrogens with zero attached hydrogens (tertiary/aromatic N) is 2. The molecule has 0 radical (unpaired) electrons. The molecule has 3 aromatic rings. The smallest absolute Gasteiger partial charge is 0.256 e. The van der Waals surface area contributed by atoms with Crippen LogP contribution in [0.5, 0.6) is 0 Å². The zero-order chi connectivity index (χ0) is 21.0. The van der Waals surface area contributed by atoms with E-state index in [9.17, 15) is 9.59 Å². The molecular weight excluding hydrogens is 364 g/mol. The average molecular weight is 390 g/mol. The van der Waals surface area contributed by atoms with Crippen LogP contribution in [0.4, 0.5) is 5.82 Å². The molecule has 0 saturated heterocycles. The summed E-state index contributed by atoms with van der Waals surface area (Å²) in [6.07, 6.45) is 1.66. The van der Waals surface area contributed by atoms with Gasteiger partial charge in [-0.25, -0.2) is 4.68 Å². The van der Waals surface area contributed by atoms with Crippen LogP contribution in [0.2, 0.25) is 0 Å². The zero-order valence-electron chi connectivity index (χ0n) is 17.2. The molecule has 6 heteroatoms. The highest BCUT2D eigenvalue weighted by molar-refractivity contribution is 6.04. The monoisotopic (exact) mass is 390 g/mol. The first-order valence-electron chi connectivity index (χ1n) is 9.52. The molecule has 2 aromatic carbocycles. The lowest BCUT2D eigenvalue weighted by Crippen LogP contribution is -2.40. The Morgan fingerprint density at radius 1 is 0.966 bits per heavy atom. The summed E-state index contributed by atoms with van der Waals surface area (Å²) < 4.78 is 1.75. The first-order chi connectivity index (χ1) is 13.7. The highest BCUT2D eigenvalue weighted by Gasteiger charge is 2.16. The van der Waals surface area contributed by atoms with Crippen molar-refractivity contribution >= 4 is 17.6 Å². The van der Waals surface area contributed by atoms with Gasteiger partial charge in [0.1, 0.15) is 5.82 Å². The molecule has 0 fully saturated rings. The number of hydrogen-bond acceptors (Lipinski definition) is 3. The van der Waals surface area contributed by atoms with E-state index in [1.54, 1.807) is 41.2 Å². The predicted octanol–water partition coefficient (Wildman–Crippen LogP) is 4.02. The molecule has 1 aromatic heterocycles. The second-order valence-corrected chi connectivity index (χ2v) is 8.10. The van der Waals surface area contributed by atoms with Crippen molar-refractivity contribution < 1.29 is 9.59 Å². The van der Waals surface area contributed by atoms with E-state index in [0.717, 1.165) is 5.56 Å². The van der Waals surface area contributed by atoms with Gasteiger partial charge >= 0.3 is 0 Å². The third-order valence-corrected chi connectivity index (χ3v) is 4.27. The van der Waals surface area contributed by atoms with Crippen LogP contribution in [0.1, 0.15) is 52.6 Å². The van der Waals surface area contributed by atoms with E-state index < -0.39 is 0 Å². The number of aryl methyl sites for hydroxylation is 1. The normalized spacial score (nSPS) is 11.2. The van der Waals surface area contributed by atoms with E-state index in [1.165, 1.54) is 5.56 Å². The fourth-order valence-electron chi connectivity index (χ4n) is 2.92. The van der Waals surface area contributed by atoms with Gasteiger partial charge in [0, 0.05) is 22.7 Å². The Morgan fingerprint density at radius 3 is 2.24 bits per heavy atom. The molecule has 0 atom stereocenters. The van der Waals surface area contributed by atoms with Crippen LogP contribution in [0.15, 0.2) is 60.8 Å². The number of benzene rings is 2. The van der Waals surface area contributed by atoms with Crippen molar-refractivity contribution in [3.8, 4) is 0 Å². The number of hydrogen-bond donors (Lipinski definition) is 2. The molecule has 0 aliphatic heterocycles. The van der Waals surface area contributed by atoms with Crippen LogP contribution in [-0.2, 0) is 6.54 Å². The van der Waals surface area contributed by atoms with E-state index in [4.69, 9.17) is 0 Å². The lowest BCUT2D eigenvalue weighted by Gasteiger charge is -2.20. The molecule has 6 nitrogen and oxygen atoms in total. The van der Waals surface area contributed by atoms with Gasteiger partial charge in [0.05, 0.1) is 12.7 Å². The standard InChI is InChI=1S/C23H26N4O2/c1-16-6-5-7-17(14-16)15-27-20(12-13-24-27)25-21(28)18-8-10-19(11-9-18)22(29)26-23(2,3)4/h5-14H,15H2,1-4H3,(H,25,28)(H,26,29). The Hall–Kier alpha value is -3.41. The van der Waals surface area contributed by atoms with E-state index in [1.807, 2.05) is 45.9 Å². The Balaban J connectivity index is 1.68. The van der Waals surface area contributed by atoms with Gasteiger partial charge in [-0.05, 0) is 57.5 Å². The molecule has 0 aliphatic carbocycles. The summed E-state index contributed by atoms with van der Waals surface area (Å²) in [6, 6.07) is 16.5. The summed E-state index contributed by atoms with van der Waals surface area (Å²) in [7, 11) is 0. The first kappa shape index (κ1) is 20.3. The van der Waals surface area contributed by atoms with Crippen molar-refractivity contribution in [1.29, 1.82) is 0 Å². The number of aromatic nitrogens is 2. The molecule has 0 bridgehead atoms. The summed E-state index contributed by atoms with van der Waals surface area (Å²) in [6.45, 7) is 8.38. The van der Waals surface area contributed by atoms with Crippen LogP contribution < -0.4 is 10.6 Å². The van der Waals surface area contributed by atoms with Crippen LogP contribution in [0, 0.1) is 6.92 Å². The molecule has 0 unspecified atom stereocenters. The lowest BCUT2D eigenvalue weighted by atomic mass is 10.1. The van der Waals surface area contributed by atoms with Gasteiger partial charge in [-0.2, -0.15) is 5.10 Å². The van der Waals surface area contributed by atoms with Gasteiger partial charge < -0.3 is 10.6 Å². The largest absolute Gasteiger partial charge is 0.347 e. The highest BCUT2D eigenvalue weighted by atomic mass is 16.2. The highest BCUT2D eigenvalue weighted by Crippen LogP contribution is 2.14. The maximum Gasteiger partial charge on any atom is 0.256 e. The van der Waals surface area contributed by atoms with Crippen molar-refractivity contribution in [2.24, 2.45) is 0 Å². The van der Waals surface area contributed by atoms with Crippen LogP contribution in [0.3, 0.4) is 0 Å². The third kappa shape index (κ3) is 5.54. The molecule has 2 amide bonds. The fourth-order valence-corrected chi connectivity index (χ4v) is 2.92. The van der Waals surface area contributed by atoms with Gasteiger partial charge in [0.15, 0.2) is 0 Å². The van der Waals surface area contributed by atoms with Crippen molar-refractivity contribution in [2.75, 3.05) is 5.32 Å². The summed E-state index contributed by atoms with van der Waals surface area (Å²) in [5, 5.41) is 10.1. The van der Waals surface area contributed by atoms with Gasteiger partial charge in [-0.3, -0.25) is 9.59 Å². The summed E-state index contributed by atoms with van der Waals surface area (Å²) >= 11 is 0. The Bertz CT molecular complexity index is 1010. The van der Waals surface area contributed by atoms with E-state index in [0.29, 0.717) is 23.5 Å². The molecular formula is C23H26N4O2. The van der Waals surface area contributed by atoms with E-state index in [-0.39, 0.29) is 17.4 Å². The molecule has 29 heavy (non-hydrogen) atoms. The number of anilines is 1. The molecule has 1 heterocycles. The van der Waals surface area contributed by atoms with Crippen molar-refractivity contribution in [1.82, 2.24) is 15.1 Å². The SMILES string of the molecule is Cc1cccc(Cn2nccc2NC(=O)c2ccc(C(=O)NC(C)(C)C)cc2)c1. The van der Waals surface area contributed by atoms with Gasteiger partial charge in [0.25, 0.3) is 11.8 Å². The Labute approximate surface area is 170 Å². The fraction of sp³-hybridized carbons (Fsp3) is 0.261. The maximum atomic E-state index is 12.6. The topological polar surface area (TPSA) is 76.0 Å². The zero-order valence-corrected chi connectivity index (χ0v) is 17.2. The van der Waals surface area contributed by atoms with Gasteiger partial charge in [0.2, 0.25) is 0 Å². The van der Waals surface area contributed by atoms with Crippen LogP contribution in [-0.4, -0.2) is 27.1 Å². The third-order valence-electron chi connectivity index (χ3n) is 4.27. The molecule has 0 aliphatic rings. The second kappa shape index (κ2) is 8.31. The summed E-state index contributed by atoms with van der Waals surface area (Å²) in [4.78, 5) is 24.8. The Kier molecular flexibility index (Phi) is 5.82. The lowest BCUT2D eigenvalue weighted by molar-refractivity contribution is 0.0918. The number of amides is 2. The van der Waals surface area contributed by atoms with Gasteiger partial charge in [-0.1, -0.05) is 29.8 Å². The summed E-state index contributed by atoms with van der Waals surface area (Å²) in [5.41, 5.74) is 2.96. The Morgan fingerprint density at radius 2 is 1.62 bits per heavy atom. The minimum absolute atomic E-state index is 0.166. The molecule has 3 rings (SSSR count). The quantitative estimate of drug-likeness (QED) is 0.691. The second-order valence-electron chi connectivity index (χ2n) is 8.10. The first-order valence-corrected chi connectivity index (χ1v) is 9.52. The molecule has 150 valence electrons. The number of nitrogens with one attached hydrogen (secondary N) is 2. The number of carbonyl (C=O) groups is 2. The molecule has 0 spiro atoms.